The van der Waals surface area contributed by atoms with E-state index in [1.165, 1.54) is 0 Å². The van der Waals surface area contributed by atoms with Crippen LogP contribution in [0.1, 0.15) is 11.1 Å². The second-order valence-corrected chi connectivity index (χ2v) is 5.35. The smallest absolute Gasteiger partial charge is 0.310 e. The lowest BCUT2D eigenvalue weighted by atomic mass is 10.2. The lowest BCUT2D eigenvalue weighted by Gasteiger charge is -2.00. The van der Waals surface area contributed by atoms with E-state index >= 15 is 0 Å². The summed E-state index contributed by atoms with van der Waals surface area (Å²) in [4.78, 5) is 27.0. The van der Waals surface area contributed by atoms with Crippen molar-refractivity contribution >= 4 is 12.2 Å². The van der Waals surface area contributed by atoms with Crippen LogP contribution in [-0.4, -0.2) is 22.0 Å². The van der Waals surface area contributed by atoms with Gasteiger partial charge in [0.1, 0.15) is 16.4 Å². The Balaban J connectivity index is 2.21. The van der Waals surface area contributed by atoms with Gasteiger partial charge in [-0.25, -0.2) is 0 Å². The second kappa shape index (κ2) is 6.92. The number of H-pyrrole nitrogens is 1. The van der Waals surface area contributed by atoms with Crippen molar-refractivity contribution in [1.29, 1.82) is 0 Å². The van der Waals surface area contributed by atoms with E-state index in [1.54, 1.807) is 43.5 Å². The van der Waals surface area contributed by atoms with E-state index in [-0.39, 0.29) is 15.4 Å². The van der Waals surface area contributed by atoms with Crippen LogP contribution in [0.3, 0.4) is 0 Å². The van der Waals surface area contributed by atoms with Crippen LogP contribution in [0.5, 0.6) is 5.75 Å². The molecular formula is C19H16N2O4. The normalized spacial score (nSPS) is 12.4. The molecule has 0 atom stereocenters. The number of ether oxygens (including phenoxy) is 1. The molecule has 2 N–H and O–H groups in total. The van der Waals surface area contributed by atoms with Crippen LogP contribution in [-0.2, 0) is 0 Å². The van der Waals surface area contributed by atoms with Crippen molar-refractivity contribution in [1.82, 2.24) is 9.71 Å². The average molecular weight is 336 g/mol. The molecule has 3 aromatic rings. The molecule has 2 aromatic carbocycles. The van der Waals surface area contributed by atoms with Crippen molar-refractivity contribution < 1.29 is 9.94 Å². The number of nitrogens with one attached hydrogen (secondary N) is 1. The fourth-order valence-corrected chi connectivity index (χ4v) is 2.35. The van der Waals surface area contributed by atoms with Crippen LogP contribution in [0.4, 0.5) is 0 Å². The minimum absolute atomic E-state index is 0.0921. The zero-order valence-corrected chi connectivity index (χ0v) is 13.5. The first-order valence-corrected chi connectivity index (χ1v) is 7.55. The van der Waals surface area contributed by atoms with Crippen LogP contribution in [0.15, 0.2) is 64.2 Å². The highest BCUT2D eigenvalue weighted by atomic mass is 16.5. The molecule has 0 aliphatic rings. The monoisotopic (exact) mass is 336 g/mol. The first-order valence-electron chi connectivity index (χ1n) is 7.55. The lowest BCUT2D eigenvalue weighted by Crippen LogP contribution is -2.52. The number of hydrogen-bond donors (Lipinski definition) is 2. The van der Waals surface area contributed by atoms with E-state index < -0.39 is 11.1 Å². The van der Waals surface area contributed by atoms with Gasteiger partial charge in [-0.05, 0) is 35.4 Å². The molecule has 0 spiro atoms. The second-order valence-electron chi connectivity index (χ2n) is 5.35. The quantitative estimate of drug-likeness (QED) is 0.680. The molecule has 25 heavy (non-hydrogen) atoms. The summed E-state index contributed by atoms with van der Waals surface area (Å²) < 4.78 is 5.20. The lowest BCUT2D eigenvalue weighted by molar-refractivity contribution is 0.161. The van der Waals surface area contributed by atoms with Crippen molar-refractivity contribution in [3.8, 4) is 5.75 Å². The van der Waals surface area contributed by atoms with Gasteiger partial charge in [-0.3, -0.25) is 9.59 Å². The maximum Gasteiger partial charge on any atom is 0.310 e. The molecule has 126 valence electrons. The molecule has 1 aromatic heterocycles. The zero-order valence-electron chi connectivity index (χ0n) is 13.5. The summed E-state index contributed by atoms with van der Waals surface area (Å²) in [6, 6.07) is 16.2. The molecule has 6 heteroatoms. The van der Waals surface area contributed by atoms with Crippen molar-refractivity contribution in [3.05, 3.63) is 97.1 Å². The van der Waals surface area contributed by atoms with Gasteiger partial charge in [0.15, 0.2) is 0 Å². The van der Waals surface area contributed by atoms with Gasteiger partial charge in [-0.1, -0.05) is 42.5 Å². The van der Waals surface area contributed by atoms with Crippen LogP contribution >= 0.6 is 0 Å². The maximum absolute atomic E-state index is 12.1. The van der Waals surface area contributed by atoms with E-state index in [0.717, 1.165) is 11.1 Å². The highest BCUT2D eigenvalue weighted by molar-refractivity contribution is 5.50. The molecule has 3 rings (SSSR count). The van der Waals surface area contributed by atoms with Gasteiger partial charge in [0, 0.05) is 0 Å². The molecular weight excluding hydrogens is 320 g/mol. The van der Waals surface area contributed by atoms with Crippen LogP contribution in [0, 0.1) is 0 Å². The Kier molecular flexibility index (Phi) is 4.52. The molecule has 1 heterocycles. The fraction of sp³-hybridized carbons (Fsp3) is 0.0526. The van der Waals surface area contributed by atoms with Gasteiger partial charge in [-0.15, -0.1) is 4.73 Å². The van der Waals surface area contributed by atoms with Crippen LogP contribution in [0.2, 0.25) is 0 Å². The molecule has 0 fully saturated rings. The fourth-order valence-electron chi connectivity index (χ4n) is 2.35. The third-order valence-electron chi connectivity index (χ3n) is 3.65. The number of aromatic amines is 1. The molecule has 0 saturated carbocycles. The first kappa shape index (κ1) is 16.3. The van der Waals surface area contributed by atoms with Crippen LogP contribution in [0.25, 0.3) is 12.2 Å². The Bertz CT molecular complexity index is 1110. The van der Waals surface area contributed by atoms with Crippen molar-refractivity contribution in [2.75, 3.05) is 7.11 Å². The number of hydrogen-bond acceptors (Lipinski definition) is 4. The summed E-state index contributed by atoms with van der Waals surface area (Å²) in [7, 11) is 1.57. The largest absolute Gasteiger partial charge is 0.497 e. The topological polar surface area (TPSA) is 84.3 Å². The van der Waals surface area contributed by atoms with Gasteiger partial charge in [0.05, 0.1) is 7.11 Å². The molecule has 0 bridgehead atoms. The number of benzene rings is 2. The predicted octanol–water partition coefficient (Wildman–Crippen LogP) is 0.440. The molecule has 0 saturated heterocycles. The SMILES string of the molecule is COc1ccc(/C=c2\[nH]/c(=C/c3ccccc3)c(=O)n(O)c2=O)cc1. The Morgan fingerprint density at radius 3 is 1.92 bits per heavy atom. The van der Waals surface area contributed by atoms with Crippen LogP contribution < -0.4 is 26.6 Å². The van der Waals surface area contributed by atoms with E-state index in [0.29, 0.717) is 5.75 Å². The highest BCUT2D eigenvalue weighted by Crippen LogP contribution is 2.11. The Morgan fingerprint density at radius 2 is 1.40 bits per heavy atom. The standard InChI is InChI=1S/C19H16N2O4/c1-25-15-9-7-14(8-10-15)12-17-19(23)21(24)18(22)16(20-17)11-13-5-3-2-4-6-13/h2-12,20,24H,1H3/b16-11+,17-12-. The first-order chi connectivity index (χ1) is 12.1. The summed E-state index contributed by atoms with van der Waals surface area (Å²) in [5, 5.41) is 10.0. The van der Waals surface area contributed by atoms with E-state index in [9.17, 15) is 14.8 Å². The minimum Gasteiger partial charge on any atom is -0.497 e. The summed E-state index contributed by atoms with van der Waals surface area (Å²) in [6.45, 7) is 0. The van der Waals surface area contributed by atoms with E-state index in [4.69, 9.17) is 4.74 Å². The third kappa shape index (κ3) is 3.53. The maximum atomic E-state index is 12.1. The highest BCUT2D eigenvalue weighted by Gasteiger charge is 2.03. The Hall–Kier alpha value is -3.54. The van der Waals surface area contributed by atoms with Crippen molar-refractivity contribution in [2.45, 2.75) is 0 Å². The third-order valence-corrected chi connectivity index (χ3v) is 3.65. The number of nitrogens with zero attached hydrogens (tertiary/aromatic N) is 1. The van der Waals surface area contributed by atoms with Gasteiger partial charge >= 0.3 is 11.1 Å². The van der Waals surface area contributed by atoms with Gasteiger partial charge in [0.25, 0.3) is 0 Å². The molecule has 0 aliphatic heterocycles. The van der Waals surface area contributed by atoms with Gasteiger partial charge in [-0.2, -0.15) is 0 Å². The van der Waals surface area contributed by atoms with Crippen molar-refractivity contribution in [2.24, 2.45) is 0 Å². The minimum atomic E-state index is -0.814. The molecule has 0 radical (unpaired) electrons. The summed E-state index contributed by atoms with van der Waals surface area (Å²) in [5.74, 6) is 0.689. The average Bonchev–Trinajstić information content (AvgIpc) is 2.65. The number of aromatic nitrogens is 2. The van der Waals surface area contributed by atoms with E-state index in [2.05, 4.69) is 4.98 Å². The number of rotatable bonds is 3. The molecule has 6 nitrogen and oxygen atoms in total. The Morgan fingerprint density at radius 1 is 0.880 bits per heavy atom. The summed E-state index contributed by atoms with van der Waals surface area (Å²) >= 11 is 0. The molecule has 0 amide bonds. The zero-order chi connectivity index (χ0) is 17.8. The molecule has 0 unspecified atom stereocenters. The van der Waals surface area contributed by atoms with Gasteiger partial charge < -0.3 is 14.9 Å². The predicted molar refractivity (Wildman–Crippen MR) is 94.3 cm³/mol. The van der Waals surface area contributed by atoms with Gasteiger partial charge in [0.2, 0.25) is 0 Å². The molecule has 0 aliphatic carbocycles. The summed E-state index contributed by atoms with van der Waals surface area (Å²) in [6.07, 6.45) is 3.12. The number of methoxy groups -OCH3 is 1. The summed E-state index contributed by atoms with van der Waals surface area (Å²) in [5.41, 5.74) is -0.130. The van der Waals surface area contributed by atoms with Crippen molar-refractivity contribution in [3.63, 3.8) is 0 Å². The Labute approximate surface area is 142 Å². The van der Waals surface area contributed by atoms with E-state index in [1.807, 2.05) is 30.3 Å².